The fourth-order valence-electron chi connectivity index (χ4n) is 2.22. The molecule has 0 aliphatic heterocycles. The minimum Gasteiger partial charge on any atom is -0.478 e. The van der Waals surface area contributed by atoms with Gasteiger partial charge in [0.05, 0.1) is 33.9 Å². The lowest BCUT2D eigenvalue weighted by molar-refractivity contribution is 0.0697. The minimum absolute atomic E-state index is 0.0988. The van der Waals surface area contributed by atoms with E-state index in [1.807, 2.05) is 6.07 Å². The third-order valence-corrected chi connectivity index (χ3v) is 3.16. The molecule has 102 valence electrons. The molecule has 0 saturated carbocycles. The summed E-state index contributed by atoms with van der Waals surface area (Å²) in [5, 5.41) is 17.9. The molecule has 0 unspecified atom stereocenters. The Kier molecular flexibility index (Phi) is 2.81. The summed E-state index contributed by atoms with van der Waals surface area (Å²) in [6, 6.07) is 13.1. The minimum atomic E-state index is -1.06. The molecule has 0 aliphatic rings. The van der Waals surface area contributed by atoms with E-state index in [1.54, 1.807) is 30.3 Å². The van der Waals surface area contributed by atoms with Crippen molar-refractivity contribution in [2.75, 3.05) is 0 Å². The van der Waals surface area contributed by atoms with Gasteiger partial charge in [0, 0.05) is 0 Å². The van der Waals surface area contributed by atoms with Gasteiger partial charge in [-0.05, 0) is 36.4 Å². The number of aromatic amines is 1. The Balaban J connectivity index is 2.28. The van der Waals surface area contributed by atoms with Crippen LogP contribution in [-0.2, 0) is 0 Å². The lowest BCUT2D eigenvalue weighted by Crippen LogP contribution is -2.14. The molecule has 0 atom stereocenters. The highest BCUT2D eigenvalue weighted by molar-refractivity contribution is 5.92. The molecule has 1 aromatic heterocycles. The first-order valence-corrected chi connectivity index (χ1v) is 6.09. The van der Waals surface area contributed by atoms with E-state index in [0.717, 1.165) is 0 Å². The van der Waals surface area contributed by atoms with Crippen LogP contribution in [0.4, 0.5) is 0 Å². The molecule has 0 amide bonds. The SMILES string of the molecule is N#Cc1cccc(-n2c(=O)[nH]c3cc(C(=O)O)ccc32)c1. The van der Waals surface area contributed by atoms with Gasteiger partial charge in [-0.15, -0.1) is 0 Å². The zero-order chi connectivity index (χ0) is 15.0. The van der Waals surface area contributed by atoms with Crippen LogP contribution < -0.4 is 5.69 Å². The van der Waals surface area contributed by atoms with Gasteiger partial charge in [-0.2, -0.15) is 5.26 Å². The molecule has 0 aliphatic carbocycles. The second-order valence-corrected chi connectivity index (χ2v) is 4.46. The third kappa shape index (κ3) is 2.07. The highest BCUT2D eigenvalue weighted by Crippen LogP contribution is 2.18. The van der Waals surface area contributed by atoms with Gasteiger partial charge in [0.25, 0.3) is 0 Å². The number of hydrogen-bond donors (Lipinski definition) is 2. The Labute approximate surface area is 118 Å². The Hall–Kier alpha value is -3.33. The van der Waals surface area contributed by atoms with E-state index in [-0.39, 0.29) is 11.3 Å². The van der Waals surface area contributed by atoms with Crippen LogP contribution in [0.2, 0.25) is 0 Å². The third-order valence-electron chi connectivity index (χ3n) is 3.16. The normalized spacial score (nSPS) is 10.4. The number of aromatic nitrogens is 2. The molecule has 0 saturated heterocycles. The van der Waals surface area contributed by atoms with Gasteiger partial charge < -0.3 is 10.1 Å². The molecule has 3 rings (SSSR count). The van der Waals surface area contributed by atoms with Crippen molar-refractivity contribution >= 4 is 17.0 Å². The molecule has 21 heavy (non-hydrogen) atoms. The van der Waals surface area contributed by atoms with E-state index >= 15 is 0 Å². The van der Waals surface area contributed by atoms with Crippen molar-refractivity contribution in [3.8, 4) is 11.8 Å². The van der Waals surface area contributed by atoms with E-state index in [4.69, 9.17) is 10.4 Å². The van der Waals surface area contributed by atoms with Gasteiger partial charge in [-0.25, -0.2) is 9.59 Å². The molecule has 2 N–H and O–H groups in total. The van der Waals surface area contributed by atoms with Crippen LogP contribution >= 0.6 is 0 Å². The van der Waals surface area contributed by atoms with Gasteiger partial charge in [-0.3, -0.25) is 4.57 Å². The summed E-state index contributed by atoms with van der Waals surface area (Å²) in [7, 11) is 0. The molecule has 3 aromatic rings. The van der Waals surface area contributed by atoms with Crippen LogP contribution in [-0.4, -0.2) is 20.6 Å². The summed E-state index contributed by atoms with van der Waals surface area (Å²) in [4.78, 5) is 25.7. The van der Waals surface area contributed by atoms with Crippen molar-refractivity contribution in [2.24, 2.45) is 0 Å². The molecular formula is C15H9N3O3. The van der Waals surface area contributed by atoms with Crippen molar-refractivity contribution < 1.29 is 9.90 Å². The Bertz CT molecular complexity index is 960. The number of carbonyl (C=O) groups is 1. The number of nitrogens with one attached hydrogen (secondary N) is 1. The van der Waals surface area contributed by atoms with Crippen LogP contribution in [0.5, 0.6) is 0 Å². The molecule has 6 heteroatoms. The Morgan fingerprint density at radius 3 is 2.76 bits per heavy atom. The molecule has 0 fully saturated rings. The van der Waals surface area contributed by atoms with Crippen LogP contribution in [0, 0.1) is 11.3 Å². The van der Waals surface area contributed by atoms with Crippen molar-refractivity contribution in [3.63, 3.8) is 0 Å². The van der Waals surface area contributed by atoms with E-state index < -0.39 is 5.97 Å². The van der Waals surface area contributed by atoms with Crippen molar-refractivity contribution in [3.05, 3.63) is 64.1 Å². The summed E-state index contributed by atoms with van der Waals surface area (Å²) >= 11 is 0. The predicted octanol–water partition coefficient (Wildman–Crippen LogP) is 1.89. The first-order valence-electron chi connectivity index (χ1n) is 6.09. The number of nitrogens with zero attached hydrogens (tertiary/aromatic N) is 2. The fourth-order valence-corrected chi connectivity index (χ4v) is 2.22. The number of carboxylic acids is 1. The summed E-state index contributed by atoms with van der Waals surface area (Å²) in [5.74, 6) is -1.06. The summed E-state index contributed by atoms with van der Waals surface area (Å²) in [5.41, 5.74) is 1.69. The second-order valence-electron chi connectivity index (χ2n) is 4.46. The maximum atomic E-state index is 12.1. The largest absolute Gasteiger partial charge is 0.478 e. The number of imidazole rings is 1. The van der Waals surface area contributed by atoms with Crippen molar-refractivity contribution in [2.45, 2.75) is 0 Å². The van der Waals surface area contributed by atoms with E-state index in [2.05, 4.69) is 4.98 Å². The van der Waals surface area contributed by atoms with Crippen molar-refractivity contribution in [1.82, 2.24) is 9.55 Å². The average molecular weight is 279 g/mol. The lowest BCUT2D eigenvalue weighted by Gasteiger charge is -2.03. The van der Waals surface area contributed by atoms with Crippen LogP contribution in [0.25, 0.3) is 16.7 Å². The molecule has 2 aromatic carbocycles. The quantitative estimate of drug-likeness (QED) is 0.748. The summed E-state index contributed by atoms with van der Waals surface area (Å²) < 4.78 is 1.40. The van der Waals surface area contributed by atoms with E-state index in [9.17, 15) is 9.59 Å². The highest BCUT2D eigenvalue weighted by Gasteiger charge is 2.11. The van der Waals surface area contributed by atoms with Crippen LogP contribution in [0.15, 0.2) is 47.3 Å². The fraction of sp³-hybridized carbons (Fsp3) is 0. The number of rotatable bonds is 2. The van der Waals surface area contributed by atoms with Gasteiger partial charge in [0.15, 0.2) is 0 Å². The lowest BCUT2D eigenvalue weighted by atomic mass is 10.2. The molecule has 6 nitrogen and oxygen atoms in total. The number of fused-ring (bicyclic) bond motifs is 1. The number of nitriles is 1. The maximum Gasteiger partial charge on any atom is 0.335 e. The van der Waals surface area contributed by atoms with Gasteiger partial charge >= 0.3 is 11.7 Å². The smallest absolute Gasteiger partial charge is 0.335 e. The zero-order valence-electron chi connectivity index (χ0n) is 10.7. The van der Waals surface area contributed by atoms with Gasteiger partial charge in [0.1, 0.15) is 0 Å². The first kappa shape index (κ1) is 12.7. The second kappa shape index (κ2) is 4.65. The van der Waals surface area contributed by atoms with E-state index in [0.29, 0.717) is 22.3 Å². The predicted molar refractivity (Wildman–Crippen MR) is 75.6 cm³/mol. The summed E-state index contributed by atoms with van der Waals surface area (Å²) in [6.45, 7) is 0. The zero-order valence-corrected chi connectivity index (χ0v) is 10.7. The maximum absolute atomic E-state index is 12.1. The van der Waals surface area contributed by atoms with Gasteiger partial charge in [-0.1, -0.05) is 6.07 Å². The van der Waals surface area contributed by atoms with Crippen LogP contribution in [0.3, 0.4) is 0 Å². The Morgan fingerprint density at radius 1 is 1.24 bits per heavy atom. The van der Waals surface area contributed by atoms with Crippen molar-refractivity contribution in [1.29, 1.82) is 5.26 Å². The monoisotopic (exact) mass is 279 g/mol. The Morgan fingerprint density at radius 2 is 2.05 bits per heavy atom. The van der Waals surface area contributed by atoms with Gasteiger partial charge in [0.2, 0.25) is 0 Å². The van der Waals surface area contributed by atoms with E-state index in [1.165, 1.54) is 16.7 Å². The first-order chi connectivity index (χ1) is 10.1. The topological polar surface area (TPSA) is 98.9 Å². The number of carboxylic acid groups (broad SMARTS) is 1. The average Bonchev–Trinajstić information content (AvgIpc) is 2.82. The standard InChI is InChI=1S/C15H9N3O3/c16-8-9-2-1-3-11(6-9)18-13-5-4-10(14(19)20)7-12(13)17-15(18)21/h1-7H,(H,17,21)(H,19,20). The number of benzene rings is 2. The number of aromatic carboxylic acids is 1. The summed E-state index contributed by atoms with van der Waals surface area (Å²) in [6.07, 6.45) is 0. The van der Waals surface area contributed by atoms with Crippen LogP contribution in [0.1, 0.15) is 15.9 Å². The number of H-pyrrole nitrogens is 1. The number of hydrogen-bond acceptors (Lipinski definition) is 3. The molecule has 0 bridgehead atoms. The molecular weight excluding hydrogens is 270 g/mol. The molecule has 0 radical (unpaired) electrons. The highest BCUT2D eigenvalue weighted by atomic mass is 16.4. The molecule has 1 heterocycles. The molecule has 0 spiro atoms.